The average molecular weight is 337 g/mol. The summed E-state index contributed by atoms with van der Waals surface area (Å²) in [7, 11) is 0. The van der Waals surface area contributed by atoms with Crippen LogP contribution in [0.15, 0.2) is 58.0 Å². The molecule has 0 N–H and O–H groups in total. The molecule has 0 aliphatic carbocycles. The molecule has 0 aliphatic heterocycles. The van der Waals surface area contributed by atoms with E-state index in [-0.39, 0.29) is 5.12 Å². The Bertz CT molecular complexity index is 794. The van der Waals surface area contributed by atoms with Crippen molar-refractivity contribution in [2.45, 2.75) is 11.3 Å². The first-order chi connectivity index (χ1) is 10.1. The molecule has 3 rings (SSSR count). The van der Waals surface area contributed by atoms with Crippen molar-refractivity contribution in [1.29, 1.82) is 0 Å². The summed E-state index contributed by atoms with van der Waals surface area (Å²) in [4.78, 5) is 13.0. The summed E-state index contributed by atoms with van der Waals surface area (Å²) in [5.74, 6) is 0. The van der Waals surface area contributed by atoms with Crippen LogP contribution in [-0.4, -0.2) is 5.12 Å². The predicted octanol–water partition coefficient (Wildman–Crippen LogP) is 5.60. The average Bonchev–Trinajstić information content (AvgIpc) is 2.84. The zero-order valence-electron chi connectivity index (χ0n) is 10.8. The van der Waals surface area contributed by atoms with Crippen LogP contribution in [0.3, 0.4) is 0 Å². The van der Waals surface area contributed by atoms with Gasteiger partial charge in [-0.05, 0) is 42.5 Å². The van der Waals surface area contributed by atoms with E-state index < -0.39 is 0 Å². The molecule has 0 radical (unpaired) electrons. The van der Waals surface area contributed by atoms with Crippen molar-refractivity contribution in [2.75, 3.05) is 0 Å². The maximum Gasteiger partial charge on any atom is 0.198 e. The molecule has 2 nitrogen and oxygen atoms in total. The van der Waals surface area contributed by atoms with E-state index in [0.29, 0.717) is 16.5 Å². The van der Waals surface area contributed by atoms with Crippen LogP contribution in [0.2, 0.25) is 10.0 Å². The topological polar surface area (TPSA) is 30.2 Å². The molecule has 3 aromatic rings. The predicted molar refractivity (Wildman–Crippen MR) is 87.2 cm³/mol. The van der Waals surface area contributed by atoms with Crippen LogP contribution in [0.5, 0.6) is 0 Å². The molecule has 106 valence electrons. The van der Waals surface area contributed by atoms with Gasteiger partial charge < -0.3 is 4.42 Å². The largest absolute Gasteiger partial charge is 0.464 e. The maximum absolute atomic E-state index is 12.1. The molecule has 0 amide bonds. The lowest BCUT2D eigenvalue weighted by molar-refractivity contribution is -0.110. The van der Waals surface area contributed by atoms with E-state index in [1.54, 1.807) is 30.5 Å². The van der Waals surface area contributed by atoms with Gasteiger partial charge in [-0.25, -0.2) is 0 Å². The Morgan fingerprint density at radius 3 is 2.52 bits per heavy atom. The Hall–Kier alpha value is -1.42. The monoisotopic (exact) mass is 336 g/mol. The summed E-state index contributed by atoms with van der Waals surface area (Å²) in [5.41, 5.74) is 1.58. The fourth-order valence-corrected chi connectivity index (χ4v) is 3.08. The number of benzene rings is 2. The smallest absolute Gasteiger partial charge is 0.198 e. The molecule has 0 fully saturated rings. The standard InChI is InChI=1S/C16H10Cl2O2S/c17-11-1-4-13(5-2-11)21-16(19)7-10-9-20-15-6-3-12(18)8-14(10)15/h1-6,8-9H,7H2. The number of hydrogen-bond acceptors (Lipinski definition) is 3. The van der Waals surface area contributed by atoms with Gasteiger partial charge in [-0.1, -0.05) is 35.0 Å². The molecular formula is C16H10Cl2O2S. The second kappa shape index (κ2) is 6.14. The second-order valence-electron chi connectivity index (χ2n) is 4.51. The van der Waals surface area contributed by atoms with Crippen molar-refractivity contribution in [2.24, 2.45) is 0 Å². The van der Waals surface area contributed by atoms with Gasteiger partial charge in [-0.15, -0.1) is 0 Å². The molecule has 0 bridgehead atoms. The van der Waals surface area contributed by atoms with Gasteiger partial charge in [0.05, 0.1) is 6.26 Å². The first-order valence-electron chi connectivity index (χ1n) is 6.24. The number of halogens is 2. The molecule has 1 heterocycles. The summed E-state index contributed by atoms with van der Waals surface area (Å²) >= 11 is 13.0. The van der Waals surface area contributed by atoms with Crippen molar-refractivity contribution in [3.05, 3.63) is 64.3 Å². The lowest BCUT2D eigenvalue weighted by atomic mass is 10.1. The number of carbonyl (C=O) groups is 1. The third-order valence-electron chi connectivity index (χ3n) is 3.00. The third kappa shape index (κ3) is 3.43. The lowest BCUT2D eigenvalue weighted by Crippen LogP contribution is -1.96. The van der Waals surface area contributed by atoms with Crippen LogP contribution >= 0.6 is 35.0 Å². The summed E-state index contributed by atoms with van der Waals surface area (Å²) < 4.78 is 5.43. The number of fused-ring (bicyclic) bond motifs is 1. The fraction of sp³-hybridized carbons (Fsp3) is 0.0625. The van der Waals surface area contributed by atoms with E-state index in [1.165, 1.54) is 11.8 Å². The van der Waals surface area contributed by atoms with Gasteiger partial charge in [0.25, 0.3) is 0 Å². The first kappa shape index (κ1) is 14.5. The number of furan rings is 1. The number of thioether (sulfide) groups is 1. The summed E-state index contributed by atoms with van der Waals surface area (Å²) in [5, 5.41) is 2.21. The van der Waals surface area contributed by atoms with Crippen LogP contribution in [0.4, 0.5) is 0 Å². The van der Waals surface area contributed by atoms with E-state index in [9.17, 15) is 4.79 Å². The summed E-state index contributed by atoms with van der Waals surface area (Å²) in [6.07, 6.45) is 1.90. The summed E-state index contributed by atoms with van der Waals surface area (Å²) in [6, 6.07) is 12.6. The fourth-order valence-electron chi connectivity index (χ4n) is 2.02. The molecule has 21 heavy (non-hydrogen) atoms. The van der Waals surface area contributed by atoms with Gasteiger partial charge >= 0.3 is 0 Å². The highest BCUT2D eigenvalue weighted by molar-refractivity contribution is 8.13. The molecule has 2 aromatic carbocycles. The van der Waals surface area contributed by atoms with Crippen molar-refractivity contribution < 1.29 is 9.21 Å². The Balaban J connectivity index is 1.77. The Morgan fingerprint density at radius 2 is 1.76 bits per heavy atom. The van der Waals surface area contributed by atoms with Crippen molar-refractivity contribution in [3.63, 3.8) is 0 Å². The Kier molecular flexibility index (Phi) is 4.24. The maximum atomic E-state index is 12.1. The van der Waals surface area contributed by atoms with Gasteiger partial charge in [0, 0.05) is 32.3 Å². The first-order valence-corrected chi connectivity index (χ1v) is 7.81. The van der Waals surface area contributed by atoms with E-state index in [1.807, 2.05) is 18.2 Å². The van der Waals surface area contributed by atoms with E-state index >= 15 is 0 Å². The minimum absolute atomic E-state index is 0.0417. The number of hydrogen-bond donors (Lipinski definition) is 0. The Morgan fingerprint density at radius 1 is 1.05 bits per heavy atom. The lowest BCUT2D eigenvalue weighted by Gasteiger charge is -2.00. The van der Waals surface area contributed by atoms with Crippen LogP contribution in [-0.2, 0) is 11.2 Å². The highest BCUT2D eigenvalue weighted by Gasteiger charge is 2.12. The molecule has 1 aromatic heterocycles. The zero-order valence-corrected chi connectivity index (χ0v) is 13.1. The normalized spacial score (nSPS) is 11.0. The van der Waals surface area contributed by atoms with Gasteiger partial charge in [0.2, 0.25) is 0 Å². The van der Waals surface area contributed by atoms with Crippen LogP contribution in [0.1, 0.15) is 5.56 Å². The number of carbonyl (C=O) groups excluding carboxylic acids is 1. The second-order valence-corrected chi connectivity index (χ2v) is 6.51. The molecule has 0 spiro atoms. The Labute approximate surface area is 136 Å². The van der Waals surface area contributed by atoms with Gasteiger partial charge in [-0.3, -0.25) is 4.79 Å². The summed E-state index contributed by atoms with van der Waals surface area (Å²) in [6.45, 7) is 0. The highest BCUT2D eigenvalue weighted by Crippen LogP contribution is 2.28. The van der Waals surface area contributed by atoms with Crippen LogP contribution in [0, 0.1) is 0 Å². The van der Waals surface area contributed by atoms with Crippen molar-refractivity contribution in [3.8, 4) is 0 Å². The van der Waals surface area contributed by atoms with E-state index in [4.69, 9.17) is 27.6 Å². The van der Waals surface area contributed by atoms with Gasteiger partial charge in [-0.2, -0.15) is 0 Å². The SMILES string of the molecule is O=C(Cc1coc2ccc(Cl)cc12)Sc1ccc(Cl)cc1. The van der Waals surface area contributed by atoms with E-state index in [2.05, 4.69) is 0 Å². The van der Waals surface area contributed by atoms with Crippen molar-refractivity contribution >= 4 is 51.0 Å². The van der Waals surface area contributed by atoms with Crippen molar-refractivity contribution in [1.82, 2.24) is 0 Å². The molecule has 0 saturated heterocycles. The third-order valence-corrected chi connectivity index (χ3v) is 4.36. The minimum Gasteiger partial charge on any atom is -0.464 e. The molecule has 0 saturated carbocycles. The quantitative estimate of drug-likeness (QED) is 0.583. The van der Waals surface area contributed by atoms with Crippen LogP contribution < -0.4 is 0 Å². The molecule has 5 heteroatoms. The van der Waals surface area contributed by atoms with Crippen LogP contribution in [0.25, 0.3) is 11.0 Å². The molecule has 0 aliphatic rings. The molecular weight excluding hydrogens is 327 g/mol. The highest BCUT2D eigenvalue weighted by atomic mass is 35.5. The molecule has 0 unspecified atom stereocenters. The van der Waals surface area contributed by atoms with E-state index in [0.717, 1.165) is 21.4 Å². The zero-order chi connectivity index (χ0) is 14.8. The minimum atomic E-state index is 0.0417. The number of rotatable bonds is 3. The van der Waals surface area contributed by atoms with Gasteiger partial charge in [0.15, 0.2) is 5.12 Å². The molecule has 0 atom stereocenters. The van der Waals surface area contributed by atoms with Gasteiger partial charge in [0.1, 0.15) is 5.58 Å².